The number of ether oxygens (including phenoxy) is 2. The van der Waals surface area contributed by atoms with Gasteiger partial charge in [0.25, 0.3) is 5.91 Å². The lowest BCUT2D eigenvalue weighted by atomic mass is 10.2. The zero-order valence-corrected chi connectivity index (χ0v) is 10.6. The van der Waals surface area contributed by atoms with Crippen molar-refractivity contribution in [3.63, 3.8) is 0 Å². The van der Waals surface area contributed by atoms with Gasteiger partial charge in [-0.2, -0.15) is 0 Å². The Balaban J connectivity index is 1.87. The Hall–Kier alpha value is -2.14. The molecule has 0 aliphatic carbocycles. The molecule has 0 bridgehead atoms. The first kappa shape index (κ1) is 13.3. The molecule has 19 heavy (non-hydrogen) atoms. The standard InChI is InChI=1S/C14H15NO4/c1-18-14(17)15-12(7-8-13(15)16)10-19-9-11-5-3-2-4-6-11/h2-8,12H,9-10H2,1H3. The van der Waals surface area contributed by atoms with Crippen molar-refractivity contribution in [2.45, 2.75) is 12.6 Å². The second kappa shape index (κ2) is 6.15. The number of methoxy groups -OCH3 is 1. The molecular formula is C14H15NO4. The summed E-state index contributed by atoms with van der Waals surface area (Å²) in [4.78, 5) is 24.0. The van der Waals surface area contributed by atoms with Crippen LogP contribution in [0.4, 0.5) is 4.79 Å². The molecule has 2 amide bonds. The van der Waals surface area contributed by atoms with Gasteiger partial charge in [-0.3, -0.25) is 4.79 Å². The second-order valence-electron chi connectivity index (χ2n) is 4.11. The van der Waals surface area contributed by atoms with Crippen LogP contribution in [-0.2, 0) is 20.9 Å². The van der Waals surface area contributed by atoms with Crippen LogP contribution in [0.5, 0.6) is 0 Å². The number of amides is 2. The number of hydrogen-bond donors (Lipinski definition) is 0. The lowest BCUT2D eigenvalue weighted by Gasteiger charge is -2.21. The highest BCUT2D eigenvalue weighted by molar-refractivity contribution is 6.01. The minimum atomic E-state index is -0.664. The van der Waals surface area contributed by atoms with Gasteiger partial charge in [-0.1, -0.05) is 36.4 Å². The van der Waals surface area contributed by atoms with E-state index in [1.165, 1.54) is 13.2 Å². The van der Waals surface area contributed by atoms with E-state index in [2.05, 4.69) is 4.74 Å². The molecule has 0 aromatic heterocycles. The fourth-order valence-electron chi connectivity index (χ4n) is 1.85. The first-order valence-electron chi connectivity index (χ1n) is 5.93. The van der Waals surface area contributed by atoms with Crippen LogP contribution in [0.25, 0.3) is 0 Å². The van der Waals surface area contributed by atoms with Crippen LogP contribution in [0.3, 0.4) is 0 Å². The van der Waals surface area contributed by atoms with E-state index in [1.54, 1.807) is 6.08 Å². The highest BCUT2D eigenvalue weighted by Gasteiger charge is 2.32. The van der Waals surface area contributed by atoms with E-state index in [0.29, 0.717) is 6.61 Å². The molecule has 0 radical (unpaired) electrons. The average molecular weight is 261 g/mol. The van der Waals surface area contributed by atoms with Crippen molar-refractivity contribution in [3.8, 4) is 0 Å². The van der Waals surface area contributed by atoms with Crippen molar-refractivity contribution in [2.24, 2.45) is 0 Å². The van der Waals surface area contributed by atoms with Crippen molar-refractivity contribution in [2.75, 3.05) is 13.7 Å². The van der Waals surface area contributed by atoms with Gasteiger partial charge in [0.2, 0.25) is 0 Å². The van der Waals surface area contributed by atoms with Crippen LogP contribution < -0.4 is 0 Å². The summed E-state index contributed by atoms with van der Waals surface area (Å²) in [7, 11) is 1.25. The zero-order valence-electron chi connectivity index (χ0n) is 10.6. The summed E-state index contributed by atoms with van der Waals surface area (Å²) in [5.74, 6) is -0.375. The lowest BCUT2D eigenvalue weighted by molar-refractivity contribution is -0.125. The smallest absolute Gasteiger partial charge is 0.417 e. The van der Waals surface area contributed by atoms with Gasteiger partial charge < -0.3 is 9.47 Å². The molecule has 0 saturated heterocycles. The number of imide groups is 1. The first-order chi connectivity index (χ1) is 9.22. The predicted octanol–water partition coefficient (Wildman–Crippen LogP) is 1.74. The van der Waals surface area contributed by atoms with E-state index in [9.17, 15) is 9.59 Å². The largest absolute Gasteiger partial charge is 0.452 e. The number of carbonyl (C=O) groups excluding carboxylic acids is 2. The highest BCUT2D eigenvalue weighted by Crippen LogP contribution is 2.13. The van der Waals surface area contributed by atoms with Gasteiger partial charge in [-0.05, 0) is 5.56 Å². The van der Waals surface area contributed by atoms with Gasteiger partial charge >= 0.3 is 6.09 Å². The highest BCUT2D eigenvalue weighted by atomic mass is 16.5. The molecule has 1 aliphatic heterocycles. The van der Waals surface area contributed by atoms with Crippen LogP contribution in [0.2, 0.25) is 0 Å². The van der Waals surface area contributed by atoms with E-state index in [-0.39, 0.29) is 12.5 Å². The molecular weight excluding hydrogens is 246 g/mol. The Morgan fingerprint density at radius 2 is 2.05 bits per heavy atom. The van der Waals surface area contributed by atoms with Crippen molar-refractivity contribution >= 4 is 12.0 Å². The van der Waals surface area contributed by atoms with Crippen molar-refractivity contribution in [1.82, 2.24) is 4.90 Å². The van der Waals surface area contributed by atoms with Crippen LogP contribution >= 0.6 is 0 Å². The van der Waals surface area contributed by atoms with Crippen molar-refractivity contribution in [1.29, 1.82) is 0 Å². The van der Waals surface area contributed by atoms with Crippen molar-refractivity contribution in [3.05, 3.63) is 48.0 Å². The molecule has 1 aromatic carbocycles. The fourth-order valence-corrected chi connectivity index (χ4v) is 1.85. The van der Waals surface area contributed by atoms with E-state index >= 15 is 0 Å². The molecule has 5 heteroatoms. The Kier molecular flexibility index (Phi) is 4.30. The third kappa shape index (κ3) is 3.20. The molecule has 0 N–H and O–H groups in total. The number of hydrogen-bond acceptors (Lipinski definition) is 4. The van der Waals surface area contributed by atoms with Gasteiger partial charge in [0.1, 0.15) is 0 Å². The van der Waals surface area contributed by atoms with Crippen LogP contribution in [0, 0.1) is 0 Å². The maximum Gasteiger partial charge on any atom is 0.417 e. The Morgan fingerprint density at radius 1 is 1.32 bits per heavy atom. The molecule has 1 aromatic rings. The number of benzene rings is 1. The molecule has 5 nitrogen and oxygen atoms in total. The van der Waals surface area contributed by atoms with Crippen LogP contribution in [-0.4, -0.2) is 36.7 Å². The zero-order chi connectivity index (χ0) is 13.7. The molecule has 1 unspecified atom stereocenters. The molecule has 0 spiro atoms. The summed E-state index contributed by atoms with van der Waals surface area (Å²) < 4.78 is 10.1. The summed E-state index contributed by atoms with van der Waals surface area (Å²) in [5.41, 5.74) is 1.04. The summed E-state index contributed by atoms with van der Waals surface area (Å²) in [6.07, 6.45) is 2.33. The minimum Gasteiger partial charge on any atom is -0.452 e. The van der Waals surface area contributed by atoms with Gasteiger partial charge in [0.05, 0.1) is 26.4 Å². The Bertz CT molecular complexity index is 483. The normalized spacial score (nSPS) is 17.8. The van der Waals surface area contributed by atoms with Gasteiger partial charge in [-0.15, -0.1) is 0 Å². The third-order valence-electron chi connectivity index (χ3n) is 2.80. The SMILES string of the molecule is COC(=O)N1C(=O)C=CC1COCc1ccccc1. The van der Waals surface area contributed by atoms with E-state index < -0.39 is 12.1 Å². The number of rotatable bonds is 4. The summed E-state index contributed by atoms with van der Waals surface area (Å²) in [6, 6.07) is 9.29. The molecule has 100 valence electrons. The van der Waals surface area contributed by atoms with Gasteiger partial charge in [0.15, 0.2) is 0 Å². The quantitative estimate of drug-likeness (QED) is 0.828. The maximum atomic E-state index is 11.5. The first-order valence-corrected chi connectivity index (χ1v) is 5.93. The van der Waals surface area contributed by atoms with Crippen molar-refractivity contribution < 1.29 is 19.1 Å². The molecule has 1 heterocycles. The Morgan fingerprint density at radius 3 is 2.74 bits per heavy atom. The summed E-state index contributed by atoms with van der Waals surface area (Å²) in [6.45, 7) is 0.695. The molecule has 1 atom stereocenters. The fraction of sp³-hybridized carbons (Fsp3) is 0.286. The average Bonchev–Trinajstić information content (AvgIpc) is 2.80. The monoisotopic (exact) mass is 261 g/mol. The molecule has 1 aliphatic rings. The van der Waals surface area contributed by atoms with E-state index in [1.807, 2.05) is 30.3 Å². The second-order valence-corrected chi connectivity index (χ2v) is 4.11. The molecule has 2 rings (SSSR count). The van der Waals surface area contributed by atoms with Crippen LogP contribution in [0.1, 0.15) is 5.56 Å². The maximum absolute atomic E-state index is 11.5. The topological polar surface area (TPSA) is 55.8 Å². The Labute approximate surface area is 111 Å². The van der Waals surface area contributed by atoms with E-state index in [0.717, 1.165) is 10.5 Å². The van der Waals surface area contributed by atoms with Crippen LogP contribution in [0.15, 0.2) is 42.5 Å². The van der Waals surface area contributed by atoms with Gasteiger partial charge in [0, 0.05) is 6.08 Å². The summed E-state index contributed by atoms with van der Waals surface area (Å²) >= 11 is 0. The third-order valence-corrected chi connectivity index (χ3v) is 2.80. The molecule has 0 fully saturated rings. The number of carbonyl (C=O) groups is 2. The molecule has 0 saturated carbocycles. The van der Waals surface area contributed by atoms with E-state index in [4.69, 9.17) is 4.74 Å². The number of nitrogens with zero attached hydrogens (tertiary/aromatic N) is 1. The van der Waals surface area contributed by atoms with Gasteiger partial charge in [-0.25, -0.2) is 9.69 Å². The lowest BCUT2D eigenvalue weighted by Crippen LogP contribution is -2.41. The minimum absolute atomic E-state index is 0.256. The summed E-state index contributed by atoms with van der Waals surface area (Å²) in [5, 5.41) is 0. The predicted molar refractivity (Wildman–Crippen MR) is 68.3 cm³/mol.